The fourth-order valence-electron chi connectivity index (χ4n) is 3.48. The van der Waals surface area contributed by atoms with Gasteiger partial charge in [-0.3, -0.25) is 9.78 Å². The molecule has 0 saturated carbocycles. The summed E-state index contributed by atoms with van der Waals surface area (Å²) in [4.78, 5) is 32.0. The molecule has 1 amide bonds. The zero-order valence-electron chi connectivity index (χ0n) is 17.3. The van der Waals surface area contributed by atoms with E-state index in [9.17, 15) is 9.59 Å². The van der Waals surface area contributed by atoms with Crippen LogP contribution in [0, 0.1) is 6.92 Å². The van der Waals surface area contributed by atoms with Gasteiger partial charge in [0, 0.05) is 24.7 Å². The molecule has 0 fully saturated rings. The number of hydrogen-bond acceptors (Lipinski definition) is 4. The minimum atomic E-state index is -0.882. The number of esters is 1. The molecule has 0 spiro atoms. The smallest absolute Gasteiger partial charge is 0.339 e. The minimum absolute atomic E-state index is 0.242. The van der Waals surface area contributed by atoms with E-state index in [1.165, 1.54) is 0 Å². The number of para-hydroxylation sites is 1. The van der Waals surface area contributed by atoms with E-state index < -0.39 is 12.1 Å². The Morgan fingerprint density at radius 2 is 1.72 bits per heavy atom. The van der Waals surface area contributed by atoms with Gasteiger partial charge in [0.25, 0.3) is 5.91 Å². The van der Waals surface area contributed by atoms with Crippen LogP contribution in [0.1, 0.15) is 41.0 Å². The second-order valence-electron chi connectivity index (χ2n) is 7.16. The normalized spacial score (nSPS) is 11.9. The first-order chi connectivity index (χ1) is 13.9. The van der Waals surface area contributed by atoms with Gasteiger partial charge in [0.05, 0.1) is 11.1 Å². The number of benzene rings is 2. The molecule has 0 aliphatic rings. The molecule has 0 aliphatic carbocycles. The predicted octanol–water partition coefficient (Wildman–Crippen LogP) is 4.31. The third-order valence-electron chi connectivity index (χ3n) is 5.05. The molecule has 1 aromatic heterocycles. The van der Waals surface area contributed by atoms with Crippen LogP contribution in [0.2, 0.25) is 0 Å². The molecule has 0 radical (unpaired) electrons. The lowest BCUT2D eigenvalue weighted by molar-refractivity contribution is -0.139. The van der Waals surface area contributed by atoms with E-state index in [0.29, 0.717) is 18.5 Å². The Bertz CT molecular complexity index is 1030. The van der Waals surface area contributed by atoms with E-state index in [4.69, 9.17) is 4.74 Å². The van der Waals surface area contributed by atoms with Gasteiger partial charge in [-0.05, 0) is 37.5 Å². The quantitative estimate of drug-likeness (QED) is 0.589. The second kappa shape index (κ2) is 8.86. The van der Waals surface area contributed by atoms with Crippen LogP contribution in [0.25, 0.3) is 10.9 Å². The summed E-state index contributed by atoms with van der Waals surface area (Å²) >= 11 is 0. The number of nitrogens with zero attached hydrogens (tertiary/aromatic N) is 2. The Morgan fingerprint density at radius 1 is 1.07 bits per heavy atom. The minimum Gasteiger partial charge on any atom is -0.449 e. The molecule has 0 saturated heterocycles. The van der Waals surface area contributed by atoms with Crippen molar-refractivity contribution in [3.63, 3.8) is 0 Å². The molecule has 29 heavy (non-hydrogen) atoms. The third-order valence-corrected chi connectivity index (χ3v) is 5.05. The number of aryl methyl sites for hydroxylation is 1. The maximum Gasteiger partial charge on any atom is 0.339 e. The molecule has 0 aliphatic heterocycles. The van der Waals surface area contributed by atoms with E-state index in [1.54, 1.807) is 18.9 Å². The van der Waals surface area contributed by atoms with E-state index in [0.717, 1.165) is 27.7 Å². The molecule has 0 unspecified atom stereocenters. The highest BCUT2D eigenvalue weighted by Gasteiger charge is 2.25. The Kier molecular flexibility index (Phi) is 6.27. The molecule has 5 heteroatoms. The van der Waals surface area contributed by atoms with Crippen LogP contribution in [-0.2, 0) is 22.5 Å². The van der Waals surface area contributed by atoms with Crippen molar-refractivity contribution in [2.45, 2.75) is 39.8 Å². The largest absolute Gasteiger partial charge is 0.449 e. The van der Waals surface area contributed by atoms with Gasteiger partial charge in [0.2, 0.25) is 0 Å². The van der Waals surface area contributed by atoms with Gasteiger partial charge in [0.1, 0.15) is 0 Å². The van der Waals surface area contributed by atoms with Gasteiger partial charge in [-0.25, -0.2) is 4.79 Å². The highest BCUT2D eigenvalue weighted by molar-refractivity contribution is 6.05. The van der Waals surface area contributed by atoms with Crippen molar-refractivity contribution >= 4 is 22.8 Å². The lowest BCUT2D eigenvalue weighted by Crippen LogP contribution is -2.37. The van der Waals surface area contributed by atoms with E-state index >= 15 is 0 Å². The number of aromatic nitrogens is 1. The molecular weight excluding hydrogens is 364 g/mol. The average Bonchev–Trinajstić information content (AvgIpc) is 2.73. The van der Waals surface area contributed by atoms with Gasteiger partial charge in [-0.15, -0.1) is 0 Å². The van der Waals surface area contributed by atoms with Gasteiger partial charge in [-0.1, -0.05) is 55.5 Å². The summed E-state index contributed by atoms with van der Waals surface area (Å²) in [6.07, 6.45) is -0.168. The number of amides is 1. The highest BCUT2D eigenvalue weighted by atomic mass is 16.5. The number of rotatable bonds is 6. The summed E-state index contributed by atoms with van der Waals surface area (Å²) in [5.74, 6) is -0.737. The Balaban J connectivity index is 1.81. The van der Waals surface area contributed by atoms with E-state index in [2.05, 4.69) is 4.98 Å². The summed E-state index contributed by atoms with van der Waals surface area (Å²) in [7, 11) is 1.71. The number of ether oxygens (including phenoxy) is 1. The molecule has 3 rings (SSSR count). The summed E-state index contributed by atoms with van der Waals surface area (Å²) in [5, 5.41) is 0.740. The fraction of sp³-hybridized carbons (Fsp3) is 0.292. The summed E-state index contributed by atoms with van der Waals surface area (Å²) in [6, 6.07) is 17.2. The number of carbonyl (C=O) groups is 2. The van der Waals surface area contributed by atoms with Gasteiger partial charge >= 0.3 is 5.97 Å². The zero-order valence-corrected chi connectivity index (χ0v) is 17.3. The fourth-order valence-corrected chi connectivity index (χ4v) is 3.48. The maximum atomic E-state index is 13.0. The van der Waals surface area contributed by atoms with Crippen molar-refractivity contribution in [3.05, 3.63) is 77.0 Å². The van der Waals surface area contributed by atoms with Crippen molar-refractivity contribution < 1.29 is 14.3 Å². The standard InChI is InChI=1S/C24H26N2O3/c1-5-20-16(2)22(19-13-9-10-14-21(19)25-20)24(28)29-17(3)23(27)26(4)15-18-11-7-6-8-12-18/h6-14,17H,5,15H2,1-4H3/t17-/m1/s1. The van der Waals surface area contributed by atoms with E-state index in [1.807, 2.05) is 68.4 Å². The topological polar surface area (TPSA) is 59.5 Å². The number of pyridine rings is 1. The lowest BCUT2D eigenvalue weighted by Gasteiger charge is -2.22. The van der Waals surface area contributed by atoms with Crippen molar-refractivity contribution in [2.75, 3.05) is 7.05 Å². The predicted molar refractivity (Wildman–Crippen MR) is 114 cm³/mol. The van der Waals surface area contributed by atoms with Crippen molar-refractivity contribution in [3.8, 4) is 0 Å². The highest BCUT2D eigenvalue weighted by Crippen LogP contribution is 2.25. The second-order valence-corrected chi connectivity index (χ2v) is 7.16. The van der Waals surface area contributed by atoms with Crippen LogP contribution >= 0.6 is 0 Å². The molecule has 0 bridgehead atoms. The number of fused-ring (bicyclic) bond motifs is 1. The first kappa shape index (κ1) is 20.5. The molecule has 0 N–H and O–H groups in total. The Morgan fingerprint density at radius 3 is 2.41 bits per heavy atom. The Hall–Kier alpha value is -3.21. The Labute approximate surface area is 171 Å². The van der Waals surface area contributed by atoms with Crippen LogP contribution in [0.5, 0.6) is 0 Å². The van der Waals surface area contributed by atoms with Crippen LogP contribution < -0.4 is 0 Å². The molecule has 2 aromatic carbocycles. The van der Waals surface area contributed by atoms with Crippen LogP contribution in [0.4, 0.5) is 0 Å². The SMILES string of the molecule is CCc1nc2ccccc2c(C(=O)O[C@H](C)C(=O)N(C)Cc2ccccc2)c1C. The van der Waals surface area contributed by atoms with Crippen molar-refractivity contribution in [1.29, 1.82) is 0 Å². The zero-order chi connectivity index (χ0) is 21.0. The first-order valence-electron chi connectivity index (χ1n) is 9.80. The molecule has 1 atom stereocenters. The first-order valence-corrected chi connectivity index (χ1v) is 9.80. The van der Waals surface area contributed by atoms with Crippen LogP contribution in [0.3, 0.4) is 0 Å². The van der Waals surface area contributed by atoms with Gasteiger partial charge < -0.3 is 9.64 Å². The molecule has 150 valence electrons. The summed E-state index contributed by atoms with van der Waals surface area (Å²) < 4.78 is 5.59. The third kappa shape index (κ3) is 4.45. The number of likely N-dealkylation sites (N-methyl/N-ethyl adjacent to an activating group) is 1. The monoisotopic (exact) mass is 390 g/mol. The van der Waals surface area contributed by atoms with Crippen LogP contribution in [-0.4, -0.2) is 34.9 Å². The van der Waals surface area contributed by atoms with Gasteiger partial charge in [-0.2, -0.15) is 0 Å². The van der Waals surface area contributed by atoms with Gasteiger partial charge in [0.15, 0.2) is 6.10 Å². The molecular formula is C24H26N2O3. The average molecular weight is 390 g/mol. The van der Waals surface area contributed by atoms with Crippen molar-refractivity contribution in [1.82, 2.24) is 9.88 Å². The summed E-state index contributed by atoms with van der Waals surface area (Å²) in [6.45, 7) is 5.95. The number of carbonyl (C=O) groups excluding carboxylic acids is 2. The van der Waals surface area contributed by atoms with Crippen LogP contribution in [0.15, 0.2) is 54.6 Å². The van der Waals surface area contributed by atoms with E-state index in [-0.39, 0.29) is 5.91 Å². The molecule has 3 aromatic rings. The molecule has 5 nitrogen and oxygen atoms in total. The molecule has 1 heterocycles. The lowest BCUT2D eigenvalue weighted by atomic mass is 10.0. The number of hydrogen-bond donors (Lipinski definition) is 0. The summed E-state index contributed by atoms with van der Waals surface area (Å²) in [5.41, 5.74) is 3.91. The maximum absolute atomic E-state index is 13.0. The van der Waals surface area contributed by atoms with Crippen molar-refractivity contribution in [2.24, 2.45) is 0 Å².